The average molecular weight is 159 g/mol. The molecule has 62 valence electrons. The quantitative estimate of drug-likeness (QED) is 0.492. The number of hydrogen-bond donors (Lipinski definition) is 3. The van der Waals surface area contributed by atoms with Crippen LogP contribution in [0.15, 0.2) is 11.8 Å². The predicted octanol–water partition coefficient (Wildman–Crippen LogP) is -0.222. The molecule has 0 atom stereocenters. The zero-order valence-corrected chi connectivity index (χ0v) is 5.78. The number of aliphatic carboxylic acids is 2. The second-order valence-electron chi connectivity index (χ2n) is 1.89. The highest BCUT2D eigenvalue weighted by molar-refractivity contribution is 5.87. The van der Waals surface area contributed by atoms with Gasteiger partial charge < -0.3 is 15.9 Å². The third-order valence-electron chi connectivity index (χ3n) is 1.08. The number of nitrogens with two attached hydrogens (primary N) is 1. The minimum absolute atomic E-state index is 0.0405. The van der Waals surface area contributed by atoms with Gasteiger partial charge in [0.05, 0.1) is 5.57 Å². The third-order valence-corrected chi connectivity index (χ3v) is 1.08. The van der Waals surface area contributed by atoms with E-state index in [2.05, 4.69) is 0 Å². The highest BCUT2D eigenvalue weighted by Gasteiger charge is 2.07. The molecule has 11 heavy (non-hydrogen) atoms. The number of carbonyl (C=O) groups is 2. The van der Waals surface area contributed by atoms with Crippen molar-refractivity contribution < 1.29 is 19.8 Å². The van der Waals surface area contributed by atoms with E-state index in [1.807, 2.05) is 0 Å². The van der Waals surface area contributed by atoms with Crippen molar-refractivity contribution in [2.24, 2.45) is 5.73 Å². The summed E-state index contributed by atoms with van der Waals surface area (Å²) in [6, 6.07) is 0. The SMILES string of the molecule is N/C=C(\CCC(=O)O)C(=O)O. The van der Waals surface area contributed by atoms with Crippen molar-refractivity contribution in [2.75, 3.05) is 0 Å². The first kappa shape index (κ1) is 9.48. The molecule has 0 heterocycles. The second kappa shape index (κ2) is 4.32. The van der Waals surface area contributed by atoms with Gasteiger partial charge >= 0.3 is 11.9 Å². The Bertz CT molecular complexity index is 197. The van der Waals surface area contributed by atoms with Crippen LogP contribution in [0.5, 0.6) is 0 Å². The maximum absolute atomic E-state index is 10.2. The molecule has 0 radical (unpaired) electrons. The number of carboxylic acid groups (broad SMARTS) is 2. The first-order valence-electron chi connectivity index (χ1n) is 2.93. The van der Waals surface area contributed by atoms with Gasteiger partial charge in [-0.05, 0) is 6.42 Å². The largest absolute Gasteiger partial charge is 0.481 e. The molecule has 0 bridgehead atoms. The van der Waals surface area contributed by atoms with Crippen molar-refractivity contribution in [3.8, 4) is 0 Å². The van der Waals surface area contributed by atoms with Crippen LogP contribution >= 0.6 is 0 Å². The molecule has 5 heteroatoms. The van der Waals surface area contributed by atoms with Gasteiger partial charge in [-0.25, -0.2) is 4.79 Å². The predicted molar refractivity (Wildman–Crippen MR) is 36.8 cm³/mol. The van der Waals surface area contributed by atoms with E-state index < -0.39 is 11.9 Å². The Morgan fingerprint density at radius 1 is 1.27 bits per heavy atom. The molecular formula is C6H9NO4. The Morgan fingerprint density at radius 3 is 2.09 bits per heavy atom. The summed E-state index contributed by atoms with van der Waals surface area (Å²) in [6.45, 7) is 0. The van der Waals surface area contributed by atoms with Gasteiger partial charge in [0.1, 0.15) is 0 Å². The molecular weight excluding hydrogens is 150 g/mol. The van der Waals surface area contributed by atoms with Crippen LogP contribution in [0.25, 0.3) is 0 Å². The summed E-state index contributed by atoms with van der Waals surface area (Å²) in [5.74, 6) is -2.21. The molecule has 0 spiro atoms. The number of rotatable bonds is 4. The van der Waals surface area contributed by atoms with Crippen LogP contribution in [0, 0.1) is 0 Å². The van der Waals surface area contributed by atoms with Crippen molar-refractivity contribution in [1.82, 2.24) is 0 Å². The Balaban J connectivity index is 3.92. The van der Waals surface area contributed by atoms with Crippen LogP contribution in [0.2, 0.25) is 0 Å². The van der Waals surface area contributed by atoms with Crippen LogP contribution in [0.1, 0.15) is 12.8 Å². The van der Waals surface area contributed by atoms with Crippen molar-refractivity contribution >= 4 is 11.9 Å². The number of carboxylic acids is 2. The monoisotopic (exact) mass is 159 g/mol. The van der Waals surface area contributed by atoms with E-state index in [4.69, 9.17) is 15.9 Å². The molecule has 0 unspecified atom stereocenters. The molecule has 0 aliphatic heterocycles. The van der Waals surface area contributed by atoms with Crippen LogP contribution < -0.4 is 5.73 Å². The highest BCUT2D eigenvalue weighted by Crippen LogP contribution is 2.02. The molecule has 0 fully saturated rings. The number of hydrogen-bond acceptors (Lipinski definition) is 3. The summed E-state index contributed by atoms with van der Waals surface area (Å²) in [7, 11) is 0. The first-order chi connectivity index (χ1) is 5.07. The van der Waals surface area contributed by atoms with Crippen LogP contribution in [-0.4, -0.2) is 22.2 Å². The molecule has 0 amide bonds. The van der Waals surface area contributed by atoms with E-state index in [0.29, 0.717) is 0 Å². The van der Waals surface area contributed by atoms with Gasteiger partial charge in [-0.1, -0.05) is 0 Å². The van der Waals surface area contributed by atoms with Gasteiger partial charge in [-0.2, -0.15) is 0 Å². The summed E-state index contributed by atoms with van der Waals surface area (Å²) in [5, 5.41) is 16.5. The highest BCUT2D eigenvalue weighted by atomic mass is 16.4. The van der Waals surface area contributed by atoms with E-state index in [1.54, 1.807) is 0 Å². The molecule has 0 aromatic heterocycles. The second-order valence-corrected chi connectivity index (χ2v) is 1.89. The van der Waals surface area contributed by atoms with E-state index in [1.165, 1.54) is 0 Å². The van der Waals surface area contributed by atoms with E-state index in [9.17, 15) is 9.59 Å². The van der Waals surface area contributed by atoms with Crippen LogP contribution in [-0.2, 0) is 9.59 Å². The zero-order chi connectivity index (χ0) is 8.85. The summed E-state index contributed by atoms with van der Waals surface area (Å²) in [6.07, 6.45) is 0.655. The maximum atomic E-state index is 10.2. The fraction of sp³-hybridized carbons (Fsp3) is 0.333. The van der Waals surface area contributed by atoms with Crippen molar-refractivity contribution in [3.63, 3.8) is 0 Å². The average Bonchev–Trinajstić information content (AvgIpc) is 1.87. The summed E-state index contributed by atoms with van der Waals surface area (Å²) in [4.78, 5) is 20.2. The molecule has 0 aliphatic rings. The van der Waals surface area contributed by atoms with Gasteiger partial charge in [-0.15, -0.1) is 0 Å². The lowest BCUT2D eigenvalue weighted by Crippen LogP contribution is -2.05. The fourth-order valence-electron chi connectivity index (χ4n) is 0.503. The lowest BCUT2D eigenvalue weighted by atomic mass is 10.1. The van der Waals surface area contributed by atoms with Crippen LogP contribution in [0.3, 0.4) is 0 Å². The summed E-state index contributed by atoms with van der Waals surface area (Å²) >= 11 is 0. The summed E-state index contributed by atoms with van der Waals surface area (Å²) in [5.41, 5.74) is 4.85. The van der Waals surface area contributed by atoms with Gasteiger partial charge in [0.2, 0.25) is 0 Å². The maximum Gasteiger partial charge on any atom is 0.333 e. The lowest BCUT2D eigenvalue weighted by Gasteiger charge is -1.96. The van der Waals surface area contributed by atoms with Gasteiger partial charge in [0, 0.05) is 12.6 Å². The molecule has 0 aromatic rings. The van der Waals surface area contributed by atoms with Gasteiger partial charge in [0.15, 0.2) is 0 Å². The van der Waals surface area contributed by atoms with Crippen molar-refractivity contribution in [2.45, 2.75) is 12.8 Å². The minimum atomic E-state index is -1.17. The minimum Gasteiger partial charge on any atom is -0.481 e. The third kappa shape index (κ3) is 3.96. The smallest absolute Gasteiger partial charge is 0.333 e. The first-order valence-corrected chi connectivity index (χ1v) is 2.93. The van der Waals surface area contributed by atoms with E-state index >= 15 is 0 Å². The molecule has 0 rings (SSSR count). The Hall–Kier alpha value is -1.52. The normalized spacial score (nSPS) is 11.1. The lowest BCUT2D eigenvalue weighted by molar-refractivity contribution is -0.137. The fourth-order valence-corrected chi connectivity index (χ4v) is 0.503. The van der Waals surface area contributed by atoms with Gasteiger partial charge in [0.25, 0.3) is 0 Å². The molecule has 4 N–H and O–H groups in total. The van der Waals surface area contributed by atoms with E-state index in [-0.39, 0.29) is 18.4 Å². The molecule has 0 saturated carbocycles. The Kier molecular flexibility index (Phi) is 3.72. The molecule has 0 aliphatic carbocycles. The standard InChI is InChI=1S/C6H9NO4/c7-3-4(6(10)11)1-2-5(8)9/h3H,1-2,7H2,(H,8,9)(H,10,11)/b4-3+. The topological polar surface area (TPSA) is 101 Å². The summed E-state index contributed by atoms with van der Waals surface area (Å²) < 4.78 is 0. The molecule has 0 saturated heterocycles. The van der Waals surface area contributed by atoms with E-state index in [0.717, 1.165) is 6.20 Å². The van der Waals surface area contributed by atoms with Gasteiger partial charge in [-0.3, -0.25) is 4.79 Å². The Labute approximate surface area is 63.1 Å². The van der Waals surface area contributed by atoms with Crippen molar-refractivity contribution in [1.29, 1.82) is 0 Å². The Morgan fingerprint density at radius 2 is 1.82 bits per heavy atom. The molecule has 0 aromatic carbocycles. The zero-order valence-electron chi connectivity index (χ0n) is 5.78. The molecule has 5 nitrogen and oxygen atoms in total. The van der Waals surface area contributed by atoms with Crippen molar-refractivity contribution in [3.05, 3.63) is 11.8 Å². The van der Waals surface area contributed by atoms with Crippen LogP contribution in [0.4, 0.5) is 0 Å².